The van der Waals surface area contributed by atoms with Crippen LogP contribution < -0.4 is 15.1 Å². The molecule has 2 amide bonds. The van der Waals surface area contributed by atoms with E-state index in [1.165, 1.54) is 4.90 Å². The van der Waals surface area contributed by atoms with Gasteiger partial charge in [0.25, 0.3) is 0 Å². The molecule has 0 radical (unpaired) electrons. The number of aldehydes is 1. The van der Waals surface area contributed by atoms with Gasteiger partial charge in [-0.25, -0.2) is 4.79 Å². The number of ether oxygens (including phenoxy) is 2. The number of aromatic nitrogens is 2. The van der Waals surface area contributed by atoms with Crippen LogP contribution in [0.1, 0.15) is 19.3 Å². The number of carbonyl (C=O) groups excluding carboxylic acids is 2. The van der Waals surface area contributed by atoms with Gasteiger partial charge >= 0.3 is 6.03 Å². The molecule has 1 N–H and O–H groups in total. The van der Waals surface area contributed by atoms with Crippen LogP contribution in [-0.2, 0) is 21.3 Å². The van der Waals surface area contributed by atoms with Crippen molar-refractivity contribution in [1.29, 1.82) is 0 Å². The van der Waals surface area contributed by atoms with Crippen LogP contribution in [-0.4, -0.2) is 67.8 Å². The molecule has 1 aromatic carbocycles. The van der Waals surface area contributed by atoms with Gasteiger partial charge in [0.1, 0.15) is 6.29 Å². The summed E-state index contributed by atoms with van der Waals surface area (Å²) < 4.78 is 13.4. The quantitative estimate of drug-likeness (QED) is 0.767. The molecule has 4 rings (SSSR count). The minimum atomic E-state index is -0.396. The lowest BCUT2D eigenvalue weighted by Crippen LogP contribution is -2.45. The molecule has 29 heavy (non-hydrogen) atoms. The predicted octanol–water partition coefficient (Wildman–Crippen LogP) is 1.65. The van der Waals surface area contributed by atoms with Crippen molar-refractivity contribution in [3.05, 3.63) is 18.2 Å². The van der Waals surface area contributed by atoms with Gasteiger partial charge in [0.15, 0.2) is 11.6 Å². The van der Waals surface area contributed by atoms with E-state index in [1.54, 1.807) is 11.7 Å². The molecular weight excluding hydrogens is 374 g/mol. The normalized spacial score (nSPS) is 18.3. The first-order valence-electron chi connectivity index (χ1n) is 9.99. The summed E-state index contributed by atoms with van der Waals surface area (Å²) in [5.74, 6) is 0.160. The number of carbonyl (C=O) groups is 2. The highest BCUT2D eigenvalue weighted by Gasteiger charge is 2.39. The number of piperidine rings is 1. The Morgan fingerprint density at radius 2 is 2.03 bits per heavy atom. The third-order valence-corrected chi connectivity index (χ3v) is 5.70. The van der Waals surface area contributed by atoms with E-state index < -0.39 is 5.79 Å². The van der Waals surface area contributed by atoms with Gasteiger partial charge in [-0.2, -0.15) is 5.10 Å². The molecule has 0 atom stereocenters. The van der Waals surface area contributed by atoms with Crippen molar-refractivity contribution in [2.75, 3.05) is 49.7 Å². The number of nitrogens with zero attached hydrogens (tertiary/aromatic N) is 4. The number of hydrogen-bond acceptors (Lipinski definition) is 6. The molecule has 0 aliphatic carbocycles. The molecule has 2 aliphatic heterocycles. The van der Waals surface area contributed by atoms with Gasteiger partial charge in [0, 0.05) is 64.1 Å². The zero-order valence-electron chi connectivity index (χ0n) is 16.9. The van der Waals surface area contributed by atoms with E-state index in [0.717, 1.165) is 48.8 Å². The molecule has 156 valence electrons. The van der Waals surface area contributed by atoms with E-state index in [9.17, 15) is 9.59 Å². The first kappa shape index (κ1) is 19.7. The van der Waals surface area contributed by atoms with E-state index in [2.05, 4.69) is 27.4 Å². The molecule has 1 spiro atoms. The summed E-state index contributed by atoms with van der Waals surface area (Å²) in [6.45, 7) is 3.36. The average molecular weight is 401 g/mol. The number of aryl methyl sites for hydroxylation is 1. The van der Waals surface area contributed by atoms with Crippen molar-refractivity contribution in [3.8, 4) is 0 Å². The van der Waals surface area contributed by atoms with Crippen LogP contribution in [0.25, 0.3) is 10.9 Å². The van der Waals surface area contributed by atoms with Gasteiger partial charge in [0.2, 0.25) is 0 Å². The summed E-state index contributed by atoms with van der Waals surface area (Å²) in [7, 11) is 3.43. The Morgan fingerprint density at radius 3 is 2.69 bits per heavy atom. The van der Waals surface area contributed by atoms with Crippen molar-refractivity contribution >= 4 is 34.7 Å². The second-order valence-corrected chi connectivity index (χ2v) is 7.41. The monoisotopic (exact) mass is 401 g/mol. The van der Waals surface area contributed by atoms with Crippen LogP contribution in [0, 0.1) is 0 Å². The Hall–Kier alpha value is -2.65. The molecular formula is C20H27N5O4. The van der Waals surface area contributed by atoms with E-state index in [1.807, 2.05) is 13.1 Å². The maximum atomic E-state index is 12.3. The molecule has 2 saturated heterocycles. The van der Waals surface area contributed by atoms with Crippen molar-refractivity contribution in [3.63, 3.8) is 0 Å². The number of hydrogen-bond donors (Lipinski definition) is 1. The van der Waals surface area contributed by atoms with Gasteiger partial charge in [-0.3, -0.25) is 9.58 Å². The molecule has 9 heteroatoms. The topological polar surface area (TPSA) is 88.9 Å². The molecule has 0 unspecified atom stereocenters. The largest absolute Gasteiger partial charge is 0.371 e. The van der Waals surface area contributed by atoms with Crippen LogP contribution in [0.5, 0.6) is 0 Å². The lowest BCUT2D eigenvalue weighted by Gasteiger charge is -2.38. The highest BCUT2D eigenvalue weighted by molar-refractivity contribution is 6.01. The number of fused-ring (bicyclic) bond motifs is 1. The number of amides is 2. The SMILES string of the molecule is CNC(=O)N(CCC=O)c1nn(C)c2cc(N3CCC4(CC3)OCCO4)ccc12. The van der Waals surface area contributed by atoms with Crippen LogP contribution in [0.15, 0.2) is 18.2 Å². The maximum absolute atomic E-state index is 12.3. The number of anilines is 2. The molecule has 0 bridgehead atoms. The van der Waals surface area contributed by atoms with Crippen LogP contribution >= 0.6 is 0 Å². The third kappa shape index (κ3) is 3.67. The minimum absolute atomic E-state index is 0.253. The van der Waals surface area contributed by atoms with E-state index >= 15 is 0 Å². The third-order valence-electron chi connectivity index (χ3n) is 5.70. The number of rotatable bonds is 5. The standard InChI is InChI=1S/C20H27N5O4/c1-21-19(27)25(8-3-11-26)18-16-5-4-15(14-17(16)23(2)22-18)24-9-6-20(7-10-24)28-12-13-29-20/h4-5,11,14H,3,6-10,12-13H2,1-2H3,(H,21,27). The summed E-state index contributed by atoms with van der Waals surface area (Å²) in [6, 6.07) is 5.87. The van der Waals surface area contributed by atoms with Crippen LogP contribution in [0.3, 0.4) is 0 Å². The van der Waals surface area contributed by atoms with Crippen molar-refractivity contribution in [2.24, 2.45) is 7.05 Å². The Kier molecular flexibility index (Phi) is 5.42. The summed E-state index contributed by atoms with van der Waals surface area (Å²) >= 11 is 0. The zero-order chi connectivity index (χ0) is 20.4. The molecule has 3 heterocycles. The number of benzene rings is 1. The van der Waals surface area contributed by atoms with Gasteiger partial charge < -0.3 is 24.5 Å². The first-order chi connectivity index (χ1) is 14.1. The van der Waals surface area contributed by atoms with Gasteiger partial charge in [-0.05, 0) is 18.2 Å². The Labute approximate surface area is 169 Å². The van der Waals surface area contributed by atoms with E-state index in [4.69, 9.17) is 9.47 Å². The molecule has 1 aromatic heterocycles. The Morgan fingerprint density at radius 1 is 1.31 bits per heavy atom. The van der Waals surface area contributed by atoms with Gasteiger partial charge in [0.05, 0.1) is 18.7 Å². The molecule has 0 saturated carbocycles. The van der Waals surface area contributed by atoms with Crippen molar-refractivity contribution in [1.82, 2.24) is 15.1 Å². The lowest BCUT2D eigenvalue weighted by atomic mass is 10.0. The fourth-order valence-corrected chi connectivity index (χ4v) is 4.13. The van der Waals surface area contributed by atoms with Gasteiger partial charge in [-0.1, -0.05) is 0 Å². The predicted molar refractivity (Wildman–Crippen MR) is 109 cm³/mol. The van der Waals surface area contributed by atoms with Crippen LogP contribution in [0.4, 0.5) is 16.3 Å². The fourth-order valence-electron chi connectivity index (χ4n) is 4.13. The van der Waals surface area contributed by atoms with Crippen molar-refractivity contribution < 1.29 is 19.1 Å². The van der Waals surface area contributed by atoms with Gasteiger partial charge in [-0.15, -0.1) is 0 Å². The number of nitrogens with one attached hydrogen (secondary N) is 1. The highest BCUT2D eigenvalue weighted by Crippen LogP contribution is 2.35. The minimum Gasteiger partial charge on any atom is -0.371 e. The molecule has 2 aliphatic rings. The van der Waals surface area contributed by atoms with Crippen LogP contribution in [0.2, 0.25) is 0 Å². The highest BCUT2D eigenvalue weighted by atomic mass is 16.7. The fraction of sp³-hybridized carbons (Fsp3) is 0.550. The maximum Gasteiger partial charge on any atom is 0.322 e. The van der Waals surface area contributed by atoms with E-state index in [-0.39, 0.29) is 19.0 Å². The number of urea groups is 1. The molecule has 2 fully saturated rings. The Balaban J connectivity index is 1.59. The smallest absolute Gasteiger partial charge is 0.322 e. The molecule has 9 nitrogen and oxygen atoms in total. The first-order valence-corrected chi connectivity index (χ1v) is 9.99. The average Bonchev–Trinajstić information content (AvgIpc) is 3.33. The second kappa shape index (κ2) is 8.00. The summed E-state index contributed by atoms with van der Waals surface area (Å²) in [5.41, 5.74) is 2.05. The lowest BCUT2D eigenvalue weighted by molar-refractivity contribution is -0.169. The van der Waals surface area contributed by atoms with E-state index in [0.29, 0.717) is 19.0 Å². The van der Waals surface area contributed by atoms with Crippen molar-refractivity contribution in [2.45, 2.75) is 25.0 Å². The summed E-state index contributed by atoms with van der Waals surface area (Å²) in [6.07, 6.45) is 2.75. The molecule has 2 aromatic rings. The summed E-state index contributed by atoms with van der Waals surface area (Å²) in [5, 5.41) is 8.06. The second-order valence-electron chi connectivity index (χ2n) is 7.41. The summed E-state index contributed by atoms with van der Waals surface area (Å²) in [4.78, 5) is 27.0. The zero-order valence-corrected chi connectivity index (χ0v) is 16.9. The Bertz CT molecular complexity index is 896.